The highest BCUT2D eigenvalue weighted by Crippen LogP contribution is 2.23. The molecule has 1 unspecified atom stereocenters. The summed E-state index contributed by atoms with van der Waals surface area (Å²) in [4.78, 5) is 13.3. The van der Waals surface area contributed by atoms with Crippen LogP contribution in [-0.2, 0) is 21.2 Å². The Labute approximate surface area is 189 Å². The average molecular weight is 453 g/mol. The van der Waals surface area contributed by atoms with E-state index in [0.29, 0.717) is 17.0 Å². The number of carbonyl (C=O) groups is 1. The van der Waals surface area contributed by atoms with E-state index in [-0.39, 0.29) is 11.3 Å². The first-order chi connectivity index (χ1) is 15.2. The standard InChI is InChI=1S/C25H28N2O4S/c1-17-9-8-10-18(2)24(17)26-25(28)22(16-20-11-6-5-7-12-20)27-32(29,30)21-13-14-23(31-4)19(3)15-21/h5-15,22,27H,16H2,1-4H3,(H,26,28). The van der Waals surface area contributed by atoms with Gasteiger partial charge in [0.15, 0.2) is 0 Å². The number of para-hydroxylation sites is 1. The third kappa shape index (κ3) is 5.55. The maximum atomic E-state index is 13.2. The fourth-order valence-corrected chi connectivity index (χ4v) is 4.81. The molecule has 3 aromatic rings. The predicted octanol–water partition coefficient (Wildman–Crippen LogP) is 4.15. The molecule has 0 saturated heterocycles. The molecule has 1 atom stereocenters. The number of methoxy groups -OCH3 is 1. The van der Waals surface area contributed by atoms with Crippen molar-refractivity contribution in [2.24, 2.45) is 0 Å². The van der Waals surface area contributed by atoms with E-state index in [0.717, 1.165) is 16.7 Å². The summed E-state index contributed by atoms with van der Waals surface area (Å²) in [5.41, 5.74) is 4.05. The van der Waals surface area contributed by atoms with E-state index >= 15 is 0 Å². The van der Waals surface area contributed by atoms with Gasteiger partial charge in [0.25, 0.3) is 0 Å². The zero-order valence-corrected chi connectivity index (χ0v) is 19.5. The average Bonchev–Trinajstić information content (AvgIpc) is 2.76. The third-order valence-corrected chi connectivity index (χ3v) is 6.77. The number of aryl methyl sites for hydroxylation is 3. The normalized spacial score (nSPS) is 12.2. The molecule has 1 amide bonds. The molecule has 3 rings (SSSR count). The van der Waals surface area contributed by atoms with Crippen LogP contribution in [0, 0.1) is 20.8 Å². The topological polar surface area (TPSA) is 84.5 Å². The Morgan fingerprint density at radius 2 is 1.56 bits per heavy atom. The molecular formula is C25H28N2O4S. The Hall–Kier alpha value is -3.16. The van der Waals surface area contributed by atoms with Gasteiger partial charge in [-0.15, -0.1) is 0 Å². The van der Waals surface area contributed by atoms with Gasteiger partial charge in [0, 0.05) is 5.69 Å². The molecule has 0 heterocycles. The maximum absolute atomic E-state index is 13.2. The Bertz CT molecular complexity index is 1190. The Morgan fingerprint density at radius 1 is 0.906 bits per heavy atom. The number of ether oxygens (including phenoxy) is 1. The van der Waals surface area contributed by atoms with Gasteiger partial charge in [0.1, 0.15) is 11.8 Å². The van der Waals surface area contributed by atoms with Crippen molar-refractivity contribution in [2.45, 2.75) is 38.1 Å². The lowest BCUT2D eigenvalue weighted by Gasteiger charge is -2.20. The summed E-state index contributed by atoms with van der Waals surface area (Å²) in [6.45, 7) is 5.57. The molecule has 0 aliphatic rings. The minimum Gasteiger partial charge on any atom is -0.496 e. The molecular weight excluding hydrogens is 424 g/mol. The molecule has 0 aliphatic heterocycles. The first kappa shape index (κ1) is 23.5. The van der Waals surface area contributed by atoms with Crippen molar-refractivity contribution in [3.8, 4) is 5.75 Å². The second-order valence-electron chi connectivity index (χ2n) is 7.75. The van der Waals surface area contributed by atoms with Crippen molar-refractivity contribution in [3.05, 3.63) is 89.0 Å². The predicted molar refractivity (Wildman–Crippen MR) is 127 cm³/mol. The number of rotatable bonds is 8. The van der Waals surface area contributed by atoms with E-state index in [2.05, 4.69) is 10.0 Å². The van der Waals surface area contributed by atoms with E-state index < -0.39 is 22.0 Å². The third-order valence-electron chi connectivity index (χ3n) is 5.30. The summed E-state index contributed by atoms with van der Waals surface area (Å²) in [5.74, 6) is 0.178. The fourth-order valence-electron chi connectivity index (χ4n) is 3.53. The lowest BCUT2D eigenvalue weighted by atomic mass is 10.0. The minimum absolute atomic E-state index is 0.0775. The highest BCUT2D eigenvalue weighted by Gasteiger charge is 2.27. The molecule has 0 bridgehead atoms. The number of hydrogen-bond acceptors (Lipinski definition) is 4. The summed E-state index contributed by atoms with van der Waals surface area (Å²) in [6, 6.07) is 18.6. The minimum atomic E-state index is -3.95. The second kappa shape index (κ2) is 9.97. The fraction of sp³-hybridized carbons (Fsp3) is 0.240. The Kier molecular flexibility index (Phi) is 7.33. The van der Waals surface area contributed by atoms with Crippen LogP contribution in [-0.4, -0.2) is 27.5 Å². The van der Waals surface area contributed by atoms with Crippen LogP contribution in [0.5, 0.6) is 5.75 Å². The summed E-state index contributed by atoms with van der Waals surface area (Å²) in [5, 5.41) is 2.92. The van der Waals surface area contributed by atoms with Gasteiger partial charge in [-0.2, -0.15) is 4.72 Å². The summed E-state index contributed by atoms with van der Waals surface area (Å²) in [7, 11) is -2.42. The van der Waals surface area contributed by atoms with Gasteiger partial charge >= 0.3 is 0 Å². The first-order valence-corrected chi connectivity index (χ1v) is 11.8. The van der Waals surface area contributed by atoms with Gasteiger partial charge in [-0.25, -0.2) is 8.42 Å². The van der Waals surface area contributed by atoms with Gasteiger partial charge in [0.2, 0.25) is 15.9 Å². The highest BCUT2D eigenvalue weighted by atomic mass is 32.2. The van der Waals surface area contributed by atoms with Crippen LogP contribution in [0.4, 0.5) is 5.69 Å². The zero-order valence-electron chi connectivity index (χ0n) is 18.7. The number of anilines is 1. The summed E-state index contributed by atoms with van der Waals surface area (Å²) >= 11 is 0. The molecule has 168 valence electrons. The molecule has 0 saturated carbocycles. The van der Waals surface area contributed by atoms with E-state index in [9.17, 15) is 13.2 Å². The van der Waals surface area contributed by atoms with Gasteiger partial charge < -0.3 is 10.1 Å². The van der Waals surface area contributed by atoms with Crippen LogP contribution >= 0.6 is 0 Å². The molecule has 0 spiro atoms. The Balaban J connectivity index is 1.92. The Morgan fingerprint density at radius 3 is 2.16 bits per heavy atom. The van der Waals surface area contributed by atoms with Gasteiger partial charge in [0.05, 0.1) is 12.0 Å². The van der Waals surface area contributed by atoms with E-state index in [1.807, 2.05) is 62.4 Å². The number of carbonyl (C=O) groups excluding carboxylic acids is 1. The molecule has 0 aliphatic carbocycles. The number of benzene rings is 3. The quantitative estimate of drug-likeness (QED) is 0.538. The second-order valence-corrected chi connectivity index (χ2v) is 9.47. The number of hydrogen-bond donors (Lipinski definition) is 2. The van der Waals surface area contributed by atoms with Gasteiger partial charge in [-0.1, -0.05) is 48.5 Å². The first-order valence-electron chi connectivity index (χ1n) is 10.3. The van der Waals surface area contributed by atoms with E-state index in [1.165, 1.54) is 19.2 Å². The number of nitrogens with one attached hydrogen (secondary N) is 2. The smallest absolute Gasteiger partial charge is 0.242 e. The lowest BCUT2D eigenvalue weighted by molar-refractivity contribution is -0.117. The monoisotopic (exact) mass is 452 g/mol. The number of sulfonamides is 1. The molecule has 7 heteroatoms. The molecule has 6 nitrogen and oxygen atoms in total. The van der Waals surface area contributed by atoms with Crippen molar-refractivity contribution < 1.29 is 17.9 Å². The lowest BCUT2D eigenvalue weighted by Crippen LogP contribution is -2.45. The number of amides is 1. The van der Waals surface area contributed by atoms with Crippen molar-refractivity contribution in [1.29, 1.82) is 0 Å². The van der Waals surface area contributed by atoms with Crippen LogP contribution in [0.1, 0.15) is 22.3 Å². The molecule has 0 radical (unpaired) electrons. The molecule has 2 N–H and O–H groups in total. The molecule has 0 fully saturated rings. The van der Waals surface area contributed by atoms with E-state index in [1.54, 1.807) is 13.0 Å². The van der Waals surface area contributed by atoms with Gasteiger partial charge in [-0.05, 0) is 67.6 Å². The van der Waals surface area contributed by atoms with Crippen LogP contribution in [0.3, 0.4) is 0 Å². The molecule has 32 heavy (non-hydrogen) atoms. The summed E-state index contributed by atoms with van der Waals surface area (Å²) < 4.78 is 34.1. The summed E-state index contributed by atoms with van der Waals surface area (Å²) in [6.07, 6.45) is 0.214. The van der Waals surface area contributed by atoms with Crippen LogP contribution in [0.25, 0.3) is 0 Å². The van der Waals surface area contributed by atoms with Crippen molar-refractivity contribution >= 4 is 21.6 Å². The molecule has 3 aromatic carbocycles. The van der Waals surface area contributed by atoms with Gasteiger partial charge in [-0.3, -0.25) is 4.79 Å². The van der Waals surface area contributed by atoms with Crippen molar-refractivity contribution in [3.63, 3.8) is 0 Å². The van der Waals surface area contributed by atoms with Crippen LogP contribution in [0.15, 0.2) is 71.6 Å². The largest absolute Gasteiger partial charge is 0.496 e. The van der Waals surface area contributed by atoms with Crippen molar-refractivity contribution in [1.82, 2.24) is 4.72 Å². The van der Waals surface area contributed by atoms with E-state index in [4.69, 9.17) is 4.74 Å². The zero-order chi connectivity index (χ0) is 23.3. The maximum Gasteiger partial charge on any atom is 0.242 e. The SMILES string of the molecule is COc1ccc(S(=O)(=O)NC(Cc2ccccc2)C(=O)Nc2c(C)cccc2C)cc1C. The van der Waals surface area contributed by atoms with Crippen LogP contribution in [0.2, 0.25) is 0 Å². The van der Waals surface area contributed by atoms with Crippen LogP contribution < -0.4 is 14.8 Å². The highest BCUT2D eigenvalue weighted by molar-refractivity contribution is 7.89. The van der Waals surface area contributed by atoms with Crippen molar-refractivity contribution in [2.75, 3.05) is 12.4 Å². The molecule has 0 aromatic heterocycles.